The molecular formula is C20H27N3O3S. The normalized spacial score (nSPS) is 10.8. The molecule has 2 aromatic rings. The smallest absolute Gasteiger partial charge is 0.305 e. The molecule has 0 spiro atoms. The minimum atomic E-state index is -0.410. The van der Waals surface area contributed by atoms with Crippen molar-refractivity contribution < 1.29 is 13.9 Å². The second kappa shape index (κ2) is 9.41. The number of hydrogen-bond acceptors (Lipinski definition) is 4. The molecule has 0 aliphatic rings. The van der Waals surface area contributed by atoms with E-state index in [9.17, 15) is 4.79 Å². The van der Waals surface area contributed by atoms with Crippen molar-refractivity contribution in [3.05, 3.63) is 53.0 Å². The number of benzene rings is 1. The SMILES string of the molecule is Cc1ccc(C(C)C)c(OCc2ccc(C(=O)NNC(=S)NC(C)C)o2)c1. The predicted molar refractivity (Wildman–Crippen MR) is 110 cm³/mol. The fraction of sp³-hybridized carbons (Fsp3) is 0.400. The van der Waals surface area contributed by atoms with Gasteiger partial charge in [-0.3, -0.25) is 15.6 Å². The monoisotopic (exact) mass is 389 g/mol. The molecule has 2 rings (SSSR count). The van der Waals surface area contributed by atoms with E-state index in [0.29, 0.717) is 16.8 Å². The van der Waals surface area contributed by atoms with Crippen molar-refractivity contribution in [1.29, 1.82) is 0 Å². The number of hydrogen-bond donors (Lipinski definition) is 3. The summed E-state index contributed by atoms with van der Waals surface area (Å²) in [5.41, 5.74) is 7.40. The highest BCUT2D eigenvalue weighted by Crippen LogP contribution is 2.28. The Labute approximate surface area is 165 Å². The van der Waals surface area contributed by atoms with Crippen LogP contribution in [0.25, 0.3) is 0 Å². The summed E-state index contributed by atoms with van der Waals surface area (Å²) in [7, 11) is 0. The van der Waals surface area contributed by atoms with E-state index in [1.807, 2.05) is 26.8 Å². The Morgan fingerprint density at radius 2 is 1.89 bits per heavy atom. The summed E-state index contributed by atoms with van der Waals surface area (Å²) in [4.78, 5) is 12.1. The molecule has 6 nitrogen and oxygen atoms in total. The molecule has 7 heteroatoms. The number of ether oxygens (including phenoxy) is 1. The zero-order valence-electron chi connectivity index (χ0n) is 16.4. The van der Waals surface area contributed by atoms with E-state index in [1.165, 1.54) is 0 Å². The highest BCUT2D eigenvalue weighted by molar-refractivity contribution is 7.80. The molecular weight excluding hydrogens is 362 g/mol. The van der Waals surface area contributed by atoms with Crippen molar-refractivity contribution in [3.8, 4) is 5.75 Å². The maximum atomic E-state index is 12.1. The van der Waals surface area contributed by atoms with Crippen LogP contribution >= 0.6 is 12.2 Å². The molecule has 1 amide bonds. The zero-order chi connectivity index (χ0) is 20.0. The zero-order valence-corrected chi connectivity index (χ0v) is 17.2. The highest BCUT2D eigenvalue weighted by atomic mass is 32.1. The Kier molecular flexibility index (Phi) is 7.24. The average molecular weight is 390 g/mol. The molecule has 0 radical (unpaired) electrons. The molecule has 0 fully saturated rings. The number of aryl methyl sites for hydroxylation is 1. The molecule has 0 saturated heterocycles. The first kappa shape index (κ1) is 20.8. The van der Waals surface area contributed by atoms with Crippen LogP contribution in [0.2, 0.25) is 0 Å². The second-order valence-electron chi connectivity index (χ2n) is 6.96. The maximum Gasteiger partial charge on any atom is 0.305 e. The molecule has 0 bridgehead atoms. The number of amides is 1. The lowest BCUT2D eigenvalue weighted by Gasteiger charge is -2.14. The number of carbonyl (C=O) groups is 1. The van der Waals surface area contributed by atoms with Crippen molar-refractivity contribution in [2.45, 2.75) is 53.2 Å². The highest BCUT2D eigenvalue weighted by Gasteiger charge is 2.13. The molecule has 27 heavy (non-hydrogen) atoms. The van der Waals surface area contributed by atoms with E-state index >= 15 is 0 Å². The van der Waals surface area contributed by atoms with Crippen LogP contribution < -0.4 is 20.9 Å². The van der Waals surface area contributed by atoms with Gasteiger partial charge < -0.3 is 14.5 Å². The number of carbonyl (C=O) groups excluding carboxylic acids is 1. The molecule has 146 valence electrons. The fourth-order valence-electron chi connectivity index (χ4n) is 2.44. The first-order chi connectivity index (χ1) is 12.8. The summed E-state index contributed by atoms with van der Waals surface area (Å²) in [6.07, 6.45) is 0. The number of furan rings is 1. The predicted octanol–water partition coefficient (Wildman–Crippen LogP) is 3.81. The van der Waals surface area contributed by atoms with Crippen molar-refractivity contribution in [2.75, 3.05) is 0 Å². The molecule has 1 heterocycles. The van der Waals surface area contributed by atoms with Crippen LogP contribution in [0.1, 0.15) is 61.1 Å². The second-order valence-corrected chi connectivity index (χ2v) is 7.37. The molecule has 3 N–H and O–H groups in total. The third kappa shape index (κ3) is 6.29. The van der Waals surface area contributed by atoms with Gasteiger partial charge in [0.15, 0.2) is 10.9 Å². The van der Waals surface area contributed by atoms with Gasteiger partial charge in [0.05, 0.1) is 0 Å². The molecule has 0 atom stereocenters. The van der Waals surface area contributed by atoms with Gasteiger partial charge in [-0.1, -0.05) is 26.0 Å². The lowest BCUT2D eigenvalue weighted by atomic mass is 10.0. The molecule has 0 aliphatic heterocycles. The van der Waals surface area contributed by atoms with Gasteiger partial charge in [-0.2, -0.15) is 0 Å². The standard InChI is InChI=1S/C20H27N3O3S/c1-12(2)16-8-6-14(5)10-18(16)25-11-15-7-9-17(26-15)19(24)22-23-20(27)21-13(3)4/h6-10,12-13H,11H2,1-5H3,(H,22,24)(H2,21,23,27). The number of hydrazine groups is 1. The average Bonchev–Trinajstić information content (AvgIpc) is 3.06. The van der Waals surface area contributed by atoms with Crippen LogP contribution in [-0.2, 0) is 6.61 Å². The Balaban J connectivity index is 1.94. The molecule has 0 saturated carbocycles. The largest absolute Gasteiger partial charge is 0.485 e. The fourth-order valence-corrected chi connectivity index (χ4v) is 2.73. The summed E-state index contributed by atoms with van der Waals surface area (Å²) in [6, 6.07) is 9.67. The Morgan fingerprint density at radius 3 is 2.56 bits per heavy atom. The molecule has 1 aromatic carbocycles. The van der Waals surface area contributed by atoms with E-state index < -0.39 is 5.91 Å². The summed E-state index contributed by atoms with van der Waals surface area (Å²) < 4.78 is 11.5. The van der Waals surface area contributed by atoms with Crippen molar-refractivity contribution in [1.82, 2.24) is 16.2 Å². The van der Waals surface area contributed by atoms with E-state index in [-0.39, 0.29) is 18.4 Å². The van der Waals surface area contributed by atoms with Crippen LogP contribution in [-0.4, -0.2) is 17.1 Å². The van der Waals surface area contributed by atoms with Gasteiger partial charge in [-0.25, -0.2) is 0 Å². The summed E-state index contributed by atoms with van der Waals surface area (Å²) in [5, 5.41) is 3.31. The number of nitrogens with one attached hydrogen (secondary N) is 3. The van der Waals surface area contributed by atoms with Gasteiger partial charge >= 0.3 is 5.91 Å². The number of thiocarbonyl (C=S) groups is 1. The quantitative estimate of drug-likeness (QED) is 0.515. The number of rotatable bonds is 6. The summed E-state index contributed by atoms with van der Waals surface area (Å²) in [6.45, 7) is 10.4. The third-order valence-electron chi connectivity index (χ3n) is 3.76. The molecule has 0 unspecified atom stereocenters. The van der Waals surface area contributed by atoms with Gasteiger partial charge in [-0.05, 0) is 68.2 Å². The van der Waals surface area contributed by atoms with Gasteiger partial charge in [0.25, 0.3) is 0 Å². The van der Waals surface area contributed by atoms with E-state index in [4.69, 9.17) is 21.4 Å². The molecule has 1 aromatic heterocycles. The van der Waals surface area contributed by atoms with Crippen LogP contribution in [0.3, 0.4) is 0 Å². The van der Waals surface area contributed by atoms with Gasteiger partial charge in [0.2, 0.25) is 0 Å². The van der Waals surface area contributed by atoms with E-state index in [0.717, 1.165) is 16.9 Å². The van der Waals surface area contributed by atoms with Gasteiger partial charge in [0.1, 0.15) is 18.1 Å². The summed E-state index contributed by atoms with van der Waals surface area (Å²) in [5.74, 6) is 1.53. The lowest BCUT2D eigenvalue weighted by Crippen LogP contribution is -2.48. The van der Waals surface area contributed by atoms with Crippen LogP contribution in [0, 0.1) is 6.92 Å². The van der Waals surface area contributed by atoms with Gasteiger partial charge in [-0.15, -0.1) is 0 Å². The van der Waals surface area contributed by atoms with Crippen molar-refractivity contribution in [2.24, 2.45) is 0 Å². The first-order valence-electron chi connectivity index (χ1n) is 8.95. The van der Waals surface area contributed by atoms with Crippen molar-refractivity contribution >= 4 is 23.2 Å². The lowest BCUT2D eigenvalue weighted by molar-refractivity contribution is 0.0911. The minimum Gasteiger partial charge on any atom is -0.485 e. The Bertz CT molecular complexity index is 800. The Morgan fingerprint density at radius 1 is 1.15 bits per heavy atom. The maximum absolute atomic E-state index is 12.1. The third-order valence-corrected chi connectivity index (χ3v) is 3.98. The first-order valence-corrected chi connectivity index (χ1v) is 9.36. The van der Waals surface area contributed by atoms with Crippen LogP contribution in [0.4, 0.5) is 0 Å². The topological polar surface area (TPSA) is 75.5 Å². The minimum absolute atomic E-state index is 0.173. The summed E-state index contributed by atoms with van der Waals surface area (Å²) >= 11 is 5.06. The van der Waals surface area contributed by atoms with Crippen molar-refractivity contribution in [3.63, 3.8) is 0 Å². The van der Waals surface area contributed by atoms with Gasteiger partial charge in [0, 0.05) is 6.04 Å². The Hall–Kier alpha value is -2.54. The van der Waals surface area contributed by atoms with Crippen LogP contribution in [0.15, 0.2) is 34.7 Å². The molecule has 0 aliphatic carbocycles. The van der Waals surface area contributed by atoms with Crippen LogP contribution in [0.5, 0.6) is 5.75 Å². The van der Waals surface area contributed by atoms with E-state index in [1.54, 1.807) is 12.1 Å². The van der Waals surface area contributed by atoms with E-state index in [2.05, 4.69) is 42.1 Å².